The molecule has 8 nitrogen and oxygen atoms in total. The first-order valence-electron chi connectivity index (χ1n) is 12.7. The number of amides is 2. The van der Waals surface area contributed by atoms with Crippen LogP contribution in [0.3, 0.4) is 0 Å². The van der Waals surface area contributed by atoms with Gasteiger partial charge >= 0.3 is 6.09 Å². The highest BCUT2D eigenvalue weighted by molar-refractivity contribution is 6.07. The number of benzene rings is 1. The number of anilines is 3. The molecular weight excluding hydrogens is 466 g/mol. The third kappa shape index (κ3) is 7.06. The molecule has 37 heavy (non-hydrogen) atoms. The van der Waals surface area contributed by atoms with Crippen molar-refractivity contribution in [1.82, 2.24) is 9.97 Å². The van der Waals surface area contributed by atoms with Crippen molar-refractivity contribution in [3.63, 3.8) is 0 Å². The molecule has 2 amide bonds. The summed E-state index contributed by atoms with van der Waals surface area (Å²) in [7, 11) is 0. The fourth-order valence-electron chi connectivity index (χ4n) is 4.23. The molecule has 1 aliphatic rings. The summed E-state index contributed by atoms with van der Waals surface area (Å²) in [5.41, 5.74) is 3.02. The van der Waals surface area contributed by atoms with Crippen molar-refractivity contribution in [2.45, 2.75) is 52.6 Å². The second-order valence-electron chi connectivity index (χ2n) is 10.2. The Labute approximate surface area is 218 Å². The summed E-state index contributed by atoms with van der Waals surface area (Å²) in [6.45, 7) is 9.69. The van der Waals surface area contributed by atoms with Crippen LogP contribution in [0.2, 0.25) is 0 Å². The van der Waals surface area contributed by atoms with Gasteiger partial charge in [0, 0.05) is 55.0 Å². The summed E-state index contributed by atoms with van der Waals surface area (Å²) in [5, 5.41) is 2.98. The Balaban J connectivity index is 1.50. The number of rotatable bonds is 7. The highest BCUT2D eigenvalue weighted by Crippen LogP contribution is 2.25. The smallest absolute Gasteiger partial charge is 0.414 e. The predicted molar refractivity (Wildman–Crippen MR) is 146 cm³/mol. The molecule has 0 radical (unpaired) electrons. The zero-order valence-electron chi connectivity index (χ0n) is 22.0. The Kier molecular flexibility index (Phi) is 8.06. The van der Waals surface area contributed by atoms with Gasteiger partial charge in [-0.1, -0.05) is 6.07 Å². The van der Waals surface area contributed by atoms with Crippen molar-refractivity contribution in [3.05, 3.63) is 77.7 Å². The maximum absolute atomic E-state index is 13.2. The van der Waals surface area contributed by atoms with Crippen molar-refractivity contribution in [3.8, 4) is 0 Å². The van der Waals surface area contributed by atoms with Crippen molar-refractivity contribution in [1.29, 1.82) is 0 Å². The first kappa shape index (κ1) is 26.1. The lowest BCUT2D eigenvalue weighted by atomic mass is 10.2. The van der Waals surface area contributed by atoms with E-state index in [1.54, 1.807) is 23.2 Å². The first-order valence-corrected chi connectivity index (χ1v) is 12.7. The summed E-state index contributed by atoms with van der Waals surface area (Å²) in [6.07, 6.45) is 4.10. The number of carbonyl (C=O) groups excluding carboxylic acids is 2. The molecule has 0 saturated carbocycles. The van der Waals surface area contributed by atoms with Crippen LogP contribution >= 0.6 is 0 Å². The standard InChI is InChI=1S/C29H35N5O3/c1-21-10-15-25(26(31-21)33-18-7-8-19-33)27(35)32-23-11-13-24(14-12-23)34(28(36)37-29(2,3)4)20-16-22-9-5-6-17-30-22/h5-6,9-15,17H,7-8,16,18-20H2,1-4H3,(H,32,35). The normalized spacial score (nSPS) is 13.4. The molecule has 4 rings (SSSR count). The fourth-order valence-corrected chi connectivity index (χ4v) is 4.23. The van der Waals surface area contributed by atoms with Crippen LogP contribution in [0.25, 0.3) is 0 Å². The second kappa shape index (κ2) is 11.4. The number of carbonyl (C=O) groups is 2. The number of pyridine rings is 2. The SMILES string of the molecule is Cc1ccc(C(=O)Nc2ccc(N(CCc3ccccn3)C(=O)OC(C)(C)C)cc2)c(N2CCCC2)n1. The largest absolute Gasteiger partial charge is 0.443 e. The van der Waals surface area contributed by atoms with E-state index in [1.807, 2.05) is 70.2 Å². The minimum Gasteiger partial charge on any atom is -0.443 e. The molecule has 3 heterocycles. The van der Waals surface area contributed by atoms with Crippen LogP contribution in [0.1, 0.15) is 55.4 Å². The van der Waals surface area contributed by atoms with Gasteiger partial charge < -0.3 is 15.0 Å². The summed E-state index contributed by atoms with van der Waals surface area (Å²) in [5.74, 6) is 0.526. The lowest BCUT2D eigenvalue weighted by molar-refractivity contribution is 0.0580. The number of nitrogens with zero attached hydrogens (tertiary/aromatic N) is 4. The lowest BCUT2D eigenvalue weighted by Crippen LogP contribution is -2.38. The van der Waals surface area contributed by atoms with E-state index in [9.17, 15) is 9.59 Å². The van der Waals surface area contributed by atoms with Crippen LogP contribution in [0.5, 0.6) is 0 Å². The number of aryl methyl sites for hydroxylation is 1. The molecule has 0 aliphatic carbocycles. The molecule has 8 heteroatoms. The van der Waals surface area contributed by atoms with Gasteiger partial charge in [-0.05, 0) is 89.1 Å². The molecule has 1 fully saturated rings. The summed E-state index contributed by atoms with van der Waals surface area (Å²) in [6, 6.07) is 16.6. The van der Waals surface area contributed by atoms with Crippen LogP contribution in [0.4, 0.5) is 22.0 Å². The Morgan fingerprint density at radius 2 is 1.76 bits per heavy atom. The molecular formula is C29H35N5O3. The molecule has 194 valence electrons. The van der Waals surface area contributed by atoms with Gasteiger partial charge in [0.25, 0.3) is 5.91 Å². The molecule has 0 atom stereocenters. The van der Waals surface area contributed by atoms with E-state index >= 15 is 0 Å². The Morgan fingerprint density at radius 1 is 1.03 bits per heavy atom. The van der Waals surface area contributed by atoms with Crippen molar-refractivity contribution >= 4 is 29.2 Å². The number of ether oxygens (including phenoxy) is 1. The summed E-state index contributed by atoms with van der Waals surface area (Å²) < 4.78 is 5.65. The van der Waals surface area contributed by atoms with E-state index < -0.39 is 11.7 Å². The minimum atomic E-state index is -0.622. The number of hydrogen-bond acceptors (Lipinski definition) is 6. The van der Waals surface area contributed by atoms with Gasteiger partial charge in [-0.15, -0.1) is 0 Å². The third-order valence-electron chi connectivity index (χ3n) is 6.03. The molecule has 1 saturated heterocycles. The molecule has 0 spiro atoms. The van der Waals surface area contributed by atoms with Gasteiger partial charge in [0.15, 0.2) is 0 Å². The molecule has 0 bridgehead atoms. The van der Waals surface area contributed by atoms with E-state index in [0.29, 0.717) is 29.9 Å². The number of hydrogen-bond donors (Lipinski definition) is 1. The molecule has 1 aliphatic heterocycles. The van der Waals surface area contributed by atoms with Crippen molar-refractivity contribution < 1.29 is 14.3 Å². The molecule has 0 unspecified atom stereocenters. The van der Waals surface area contributed by atoms with Crippen LogP contribution in [-0.4, -0.2) is 47.2 Å². The third-order valence-corrected chi connectivity index (χ3v) is 6.03. The van der Waals surface area contributed by atoms with Gasteiger partial charge in [-0.25, -0.2) is 9.78 Å². The summed E-state index contributed by atoms with van der Waals surface area (Å²) in [4.78, 5) is 39.0. The highest BCUT2D eigenvalue weighted by Gasteiger charge is 2.24. The van der Waals surface area contributed by atoms with Crippen LogP contribution in [0, 0.1) is 6.92 Å². The van der Waals surface area contributed by atoms with Gasteiger partial charge in [-0.3, -0.25) is 14.7 Å². The van der Waals surface area contributed by atoms with E-state index in [0.717, 1.165) is 43.1 Å². The maximum Gasteiger partial charge on any atom is 0.414 e. The maximum atomic E-state index is 13.2. The highest BCUT2D eigenvalue weighted by atomic mass is 16.6. The van der Waals surface area contributed by atoms with Gasteiger partial charge in [0.1, 0.15) is 11.4 Å². The zero-order valence-corrected chi connectivity index (χ0v) is 22.0. The van der Waals surface area contributed by atoms with E-state index in [2.05, 4.69) is 20.2 Å². The van der Waals surface area contributed by atoms with E-state index in [1.165, 1.54) is 0 Å². The Morgan fingerprint density at radius 3 is 2.41 bits per heavy atom. The predicted octanol–water partition coefficient (Wildman–Crippen LogP) is 5.62. The average Bonchev–Trinajstić information content (AvgIpc) is 3.39. The molecule has 3 aromatic rings. The average molecular weight is 502 g/mol. The van der Waals surface area contributed by atoms with Gasteiger partial charge in [0.05, 0.1) is 5.56 Å². The number of nitrogens with one attached hydrogen (secondary N) is 1. The van der Waals surface area contributed by atoms with Crippen LogP contribution in [0.15, 0.2) is 60.8 Å². The molecule has 2 aromatic heterocycles. The number of aromatic nitrogens is 2. The summed E-state index contributed by atoms with van der Waals surface area (Å²) >= 11 is 0. The first-order chi connectivity index (χ1) is 17.7. The van der Waals surface area contributed by atoms with Gasteiger partial charge in [0.2, 0.25) is 0 Å². The Bertz CT molecular complexity index is 1220. The zero-order chi connectivity index (χ0) is 26.4. The fraction of sp³-hybridized carbons (Fsp3) is 0.379. The lowest BCUT2D eigenvalue weighted by Gasteiger charge is -2.27. The van der Waals surface area contributed by atoms with Crippen molar-refractivity contribution in [2.24, 2.45) is 0 Å². The molecule has 1 aromatic carbocycles. The van der Waals surface area contributed by atoms with Crippen molar-refractivity contribution in [2.75, 3.05) is 34.8 Å². The van der Waals surface area contributed by atoms with E-state index in [-0.39, 0.29) is 5.91 Å². The quantitative estimate of drug-likeness (QED) is 0.452. The van der Waals surface area contributed by atoms with Crippen LogP contribution < -0.4 is 15.1 Å². The minimum absolute atomic E-state index is 0.207. The van der Waals surface area contributed by atoms with Gasteiger partial charge in [-0.2, -0.15) is 0 Å². The second-order valence-corrected chi connectivity index (χ2v) is 10.2. The molecule has 1 N–H and O–H groups in total. The van der Waals surface area contributed by atoms with E-state index in [4.69, 9.17) is 4.74 Å². The topological polar surface area (TPSA) is 87.7 Å². The van der Waals surface area contributed by atoms with Crippen LogP contribution in [-0.2, 0) is 11.2 Å². The monoisotopic (exact) mass is 501 g/mol. The Hall–Kier alpha value is -3.94.